The summed E-state index contributed by atoms with van der Waals surface area (Å²) in [5.41, 5.74) is 0. The van der Waals surface area contributed by atoms with E-state index in [2.05, 4.69) is 5.32 Å². The van der Waals surface area contributed by atoms with Crippen molar-refractivity contribution >= 4 is 23.7 Å². The molecule has 1 aromatic carbocycles. The Kier molecular flexibility index (Phi) is 2.91. The highest BCUT2D eigenvalue weighted by Gasteiger charge is 2.26. The predicted octanol–water partition coefficient (Wildman–Crippen LogP) is 1.29. The van der Waals surface area contributed by atoms with Gasteiger partial charge < -0.3 is 4.90 Å². The van der Waals surface area contributed by atoms with E-state index in [0.717, 1.165) is 4.90 Å². The lowest BCUT2D eigenvalue weighted by Crippen LogP contribution is -2.27. The van der Waals surface area contributed by atoms with Crippen LogP contribution in [0.3, 0.4) is 0 Å². The van der Waals surface area contributed by atoms with Crippen LogP contribution in [0.4, 0.5) is 4.79 Å². The minimum Gasteiger partial charge on any atom is -0.306 e. The number of carbonyl (C=O) groups excluding carboxylic acids is 2. The van der Waals surface area contributed by atoms with Crippen LogP contribution in [0.15, 0.2) is 35.2 Å². The Morgan fingerprint density at radius 2 is 2.00 bits per heavy atom. The van der Waals surface area contributed by atoms with Crippen LogP contribution >= 0.6 is 11.8 Å². The first-order chi connectivity index (χ1) is 7.25. The number of carbonyl (C=O) groups is 2. The summed E-state index contributed by atoms with van der Waals surface area (Å²) in [7, 11) is 0. The molecule has 0 bridgehead atoms. The Labute approximate surface area is 91.6 Å². The van der Waals surface area contributed by atoms with Crippen molar-refractivity contribution in [2.75, 3.05) is 12.4 Å². The zero-order chi connectivity index (χ0) is 10.7. The third kappa shape index (κ3) is 2.50. The molecule has 78 valence electrons. The molecule has 1 saturated heterocycles. The molecule has 0 unspecified atom stereocenters. The fourth-order valence-corrected chi connectivity index (χ4v) is 2.12. The van der Waals surface area contributed by atoms with Gasteiger partial charge in [-0.15, -0.1) is 11.8 Å². The fourth-order valence-electron chi connectivity index (χ4n) is 1.26. The van der Waals surface area contributed by atoms with E-state index in [1.165, 1.54) is 16.7 Å². The average molecular weight is 222 g/mol. The lowest BCUT2D eigenvalue weighted by molar-refractivity contribution is -0.118. The minimum absolute atomic E-state index is 0.165. The number of thioether (sulfide) groups is 1. The number of rotatable bonds is 3. The first kappa shape index (κ1) is 10.0. The zero-order valence-corrected chi connectivity index (χ0v) is 8.79. The third-order valence-corrected chi connectivity index (χ3v) is 3.04. The summed E-state index contributed by atoms with van der Waals surface area (Å²) in [5, 5.41) is 2.24. The van der Waals surface area contributed by atoms with Crippen molar-refractivity contribution < 1.29 is 9.59 Å². The predicted molar refractivity (Wildman–Crippen MR) is 57.4 cm³/mol. The second-order valence-electron chi connectivity index (χ2n) is 3.14. The molecule has 0 atom stereocenters. The summed E-state index contributed by atoms with van der Waals surface area (Å²) in [6, 6.07) is 9.47. The van der Waals surface area contributed by atoms with E-state index in [0.29, 0.717) is 5.88 Å². The van der Waals surface area contributed by atoms with Gasteiger partial charge in [0.2, 0.25) is 5.91 Å². The van der Waals surface area contributed by atoms with E-state index in [1.54, 1.807) is 0 Å². The van der Waals surface area contributed by atoms with E-state index in [4.69, 9.17) is 0 Å². The van der Waals surface area contributed by atoms with Crippen molar-refractivity contribution in [3.63, 3.8) is 0 Å². The molecule has 1 aliphatic rings. The molecular weight excluding hydrogens is 212 g/mol. The first-order valence-corrected chi connectivity index (χ1v) is 5.51. The van der Waals surface area contributed by atoms with Crippen LogP contribution < -0.4 is 5.32 Å². The molecule has 0 aliphatic carbocycles. The smallest absolute Gasteiger partial charge is 0.306 e. The van der Waals surface area contributed by atoms with Gasteiger partial charge in [-0.2, -0.15) is 0 Å². The molecule has 0 aromatic heterocycles. The van der Waals surface area contributed by atoms with Crippen molar-refractivity contribution in [3.8, 4) is 0 Å². The van der Waals surface area contributed by atoms with Crippen molar-refractivity contribution in [1.82, 2.24) is 10.2 Å². The van der Waals surface area contributed by atoms with E-state index in [9.17, 15) is 9.59 Å². The van der Waals surface area contributed by atoms with Gasteiger partial charge in [-0.25, -0.2) is 4.79 Å². The lowest BCUT2D eigenvalue weighted by Gasteiger charge is -2.11. The van der Waals surface area contributed by atoms with Crippen LogP contribution in [-0.4, -0.2) is 29.3 Å². The van der Waals surface area contributed by atoms with Crippen LogP contribution in [0.25, 0.3) is 0 Å². The normalized spacial score (nSPS) is 15.6. The maximum absolute atomic E-state index is 11.2. The van der Waals surface area contributed by atoms with Gasteiger partial charge in [0.15, 0.2) is 0 Å². The summed E-state index contributed by atoms with van der Waals surface area (Å²) in [4.78, 5) is 24.7. The second kappa shape index (κ2) is 4.35. The Morgan fingerprint density at radius 1 is 1.27 bits per heavy atom. The molecule has 1 heterocycles. The number of hydrogen-bond donors (Lipinski definition) is 1. The van der Waals surface area contributed by atoms with Crippen molar-refractivity contribution in [2.24, 2.45) is 0 Å². The third-order valence-electron chi connectivity index (χ3n) is 2.00. The van der Waals surface area contributed by atoms with E-state index < -0.39 is 0 Å². The monoisotopic (exact) mass is 222 g/mol. The number of imide groups is 1. The molecule has 5 heteroatoms. The maximum Gasteiger partial charge on any atom is 0.325 e. The van der Waals surface area contributed by atoms with Crippen molar-refractivity contribution in [1.29, 1.82) is 0 Å². The quantitative estimate of drug-likeness (QED) is 0.619. The van der Waals surface area contributed by atoms with E-state index in [-0.39, 0.29) is 18.5 Å². The van der Waals surface area contributed by atoms with E-state index >= 15 is 0 Å². The molecular formula is C10H10N2O2S. The standard InChI is InChI=1S/C10H10N2O2S/c13-9-6-12(10(14)11-9)7-15-8-4-2-1-3-5-8/h1-5H,6-7H2,(H,11,13,14). The van der Waals surface area contributed by atoms with Gasteiger partial charge in [0.1, 0.15) is 6.54 Å². The Hall–Kier alpha value is -1.49. The highest BCUT2D eigenvalue weighted by molar-refractivity contribution is 7.99. The molecule has 1 fully saturated rings. The molecule has 1 aromatic rings. The molecule has 0 saturated carbocycles. The number of hydrogen-bond acceptors (Lipinski definition) is 3. The fraction of sp³-hybridized carbons (Fsp3) is 0.200. The number of urea groups is 1. The summed E-state index contributed by atoms with van der Waals surface area (Å²) in [5.74, 6) is 0.273. The SMILES string of the molecule is O=C1CN(CSc2ccccc2)C(=O)N1. The van der Waals surface area contributed by atoms with Crippen LogP contribution in [-0.2, 0) is 4.79 Å². The van der Waals surface area contributed by atoms with E-state index in [1.807, 2.05) is 30.3 Å². The summed E-state index contributed by atoms with van der Waals surface area (Å²) >= 11 is 1.54. The van der Waals surface area contributed by atoms with Gasteiger partial charge in [0, 0.05) is 4.90 Å². The van der Waals surface area contributed by atoms with Gasteiger partial charge in [0.05, 0.1) is 5.88 Å². The van der Waals surface area contributed by atoms with Crippen molar-refractivity contribution in [3.05, 3.63) is 30.3 Å². The topological polar surface area (TPSA) is 49.4 Å². The molecule has 3 amide bonds. The highest BCUT2D eigenvalue weighted by atomic mass is 32.2. The molecule has 1 N–H and O–H groups in total. The minimum atomic E-state index is -0.302. The average Bonchev–Trinajstić information content (AvgIpc) is 2.56. The number of nitrogens with zero attached hydrogens (tertiary/aromatic N) is 1. The number of nitrogens with one attached hydrogen (secondary N) is 1. The maximum atomic E-state index is 11.2. The molecule has 0 radical (unpaired) electrons. The van der Waals surface area contributed by atoms with Gasteiger partial charge in [-0.1, -0.05) is 18.2 Å². The molecule has 15 heavy (non-hydrogen) atoms. The number of benzene rings is 1. The largest absolute Gasteiger partial charge is 0.325 e. The second-order valence-corrected chi connectivity index (χ2v) is 4.16. The highest BCUT2D eigenvalue weighted by Crippen LogP contribution is 2.18. The van der Waals surface area contributed by atoms with Gasteiger partial charge in [-0.3, -0.25) is 10.1 Å². The molecule has 4 nitrogen and oxygen atoms in total. The van der Waals surface area contributed by atoms with Gasteiger partial charge in [-0.05, 0) is 12.1 Å². The Balaban J connectivity index is 1.89. The molecule has 2 rings (SSSR count). The molecule has 0 spiro atoms. The van der Waals surface area contributed by atoms with Crippen LogP contribution in [0.1, 0.15) is 0 Å². The van der Waals surface area contributed by atoms with Crippen LogP contribution in [0, 0.1) is 0 Å². The molecule has 1 aliphatic heterocycles. The Morgan fingerprint density at radius 3 is 2.60 bits per heavy atom. The van der Waals surface area contributed by atoms with Crippen LogP contribution in [0.2, 0.25) is 0 Å². The summed E-state index contributed by atoms with van der Waals surface area (Å²) < 4.78 is 0. The number of amides is 3. The van der Waals surface area contributed by atoms with Gasteiger partial charge in [0.25, 0.3) is 0 Å². The van der Waals surface area contributed by atoms with Gasteiger partial charge >= 0.3 is 6.03 Å². The van der Waals surface area contributed by atoms with Crippen molar-refractivity contribution in [2.45, 2.75) is 4.90 Å². The Bertz CT molecular complexity index is 380. The van der Waals surface area contributed by atoms with Crippen LogP contribution in [0.5, 0.6) is 0 Å². The lowest BCUT2D eigenvalue weighted by atomic mass is 10.4. The summed E-state index contributed by atoms with van der Waals surface area (Å²) in [6.07, 6.45) is 0. The summed E-state index contributed by atoms with van der Waals surface area (Å²) in [6.45, 7) is 0.165. The first-order valence-electron chi connectivity index (χ1n) is 4.52. The zero-order valence-electron chi connectivity index (χ0n) is 7.97.